The number of aryl methyl sites for hydroxylation is 1. The third-order valence-electron chi connectivity index (χ3n) is 5.08. The zero-order valence-corrected chi connectivity index (χ0v) is 15.8. The second-order valence-electron chi connectivity index (χ2n) is 6.67. The lowest BCUT2D eigenvalue weighted by Gasteiger charge is -2.26. The first-order valence-electron chi connectivity index (χ1n) is 9.16. The van der Waals surface area contributed by atoms with Crippen molar-refractivity contribution in [3.05, 3.63) is 59.2 Å². The minimum absolute atomic E-state index is 0.0817. The Morgan fingerprint density at radius 1 is 1.15 bits per heavy atom. The lowest BCUT2D eigenvalue weighted by molar-refractivity contribution is -0.132. The molecule has 0 aromatic heterocycles. The summed E-state index contributed by atoms with van der Waals surface area (Å²) in [6.07, 6.45) is 3.11. The number of nitrogens with zero attached hydrogens (tertiary/aromatic N) is 2. The number of carbonyl (C=O) groups is 1. The van der Waals surface area contributed by atoms with Crippen molar-refractivity contribution in [2.75, 3.05) is 20.8 Å². The Labute approximate surface area is 160 Å². The second-order valence-corrected chi connectivity index (χ2v) is 6.67. The first-order valence-corrected chi connectivity index (χ1v) is 9.16. The van der Waals surface area contributed by atoms with Crippen molar-refractivity contribution < 1.29 is 14.3 Å². The number of nitriles is 1. The van der Waals surface area contributed by atoms with Gasteiger partial charge in [0.15, 0.2) is 11.5 Å². The zero-order chi connectivity index (χ0) is 19.2. The van der Waals surface area contributed by atoms with E-state index in [1.54, 1.807) is 26.4 Å². The molecule has 1 atom stereocenters. The van der Waals surface area contributed by atoms with E-state index in [1.165, 1.54) is 0 Å². The van der Waals surface area contributed by atoms with E-state index < -0.39 is 0 Å². The number of benzene rings is 2. The van der Waals surface area contributed by atoms with Gasteiger partial charge in [-0.2, -0.15) is 5.26 Å². The summed E-state index contributed by atoms with van der Waals surface area (Å²) in [5, 5.41) is 8.87. The van der Waals surface area contributed by atoms with Crippen molar-refractivity contribution in [2.45, 2.75) is 31.7 Å². The topological polar surface area (TPSA) is 62.6 Å². The zero-order valence-electron chi connectivity index (χ0n) is 15.8. The number of methoxy groups -OCH3 is 2. The number of hydrogen-bond donors (Lipinski definition) is 0. The molecule has 2 aromatic carbocycles. The lowest BCUT2D eigenvalue weighted by atomic mass is 10.0. The van der Waals surface area contributed by atoms with Crippen LogP contribution in [-0.4, -0.2) is 31.6 Å². The molecular weight excluding hydrogens is 340 g/mol. The molecule has 0 saturated carbocycles. The summed E-state index contributed by atoms with van der Waals surface area (Å²) in [5.41, 5.74) is 2.79. The normalized spacial score (nSPS) is 16.0. The molecule has 1 saturated heterocycles. The van der Waals surface area contributed by atoms with Gasteiger partial charge in [0.2, 0.25) is 5.91 Å². The van der Waals surface area contributed by atoms with Gasteiger partial charge in [-0.1, -0.05) is 18.2 Å². The van der Waals surface area contributed by atoms with E-state index in [4.69, 9.17) is 14.7 Å². The fourth-order valence-corrected chi connectivity index (χ4v) is 3.61. The molecule has 0 bridgehead atoms. The van der Waals surface area contributed by atoms with Crippen LogP contribution in [0.4, 0.5) is 0 Å². The molecule has 0 aliphatic carbocycles. The van der Waals surface area contributed by atoms with Gasteiger partial charge in [0.1, 0.15) is 0 Å². The number of rotatable bonds is 6. The number of ether oxygens (including phenoxy) is 2. The predicted octanol–water partition coefficient (Wildman–Crippen LogP) is 3.87. The lowest BCUT2D eigenvalue weighted by Crippen LogP contribution is -2.30. The highest BCUT2D eigenvalue weighted by Crippen LogP contribution is 2.37. The van der Waals surface area contributed by atoms with Crippen LogP contribution in [0, 0.1) is 11.3 Å². The van der Waals surface area contributed by atoms with Crippen LogP contribution in [0.15, 0.2) is 42.5 Å². The van der Waals surface area contributed by atoms with Gasteiger partial charge < -0.3 is 14.4 Å². The molecule has 5 nitrogen and oxygen atoms in total. The Balaban J connectivity index is 1.68. The van der Waals surface area contributed by atoms with Gasteiger partial charge in [-0.15, -0.1) is 0 Å². The minimum Gasteiger partial charge on any atom is -0.493 e. The molecule has 1 amide bonds. The fraction of sp³-hybridized carbons (Fsp3) is 0.364. The average molecular weight is 364 g/mol. The van der Waals surface area contributed by atoms with E-state index in [2.05, 4.69) is 6.07 Å². The van der Waals surface area contributed by atoms with Crippen LogP contribution in [0.1, 0.15) is 42.0 Å². The molecule has 0 N–H and O–H groups in total. The monoisotopic (exact) mass is 364 g/mol. The van der Waals surface area contributed by atoms with Crippen molar-refractivity contribution >= 4 is 5.91 Å². The highest BCUT2D eigenvalue weighted by Gasteiger charge is 2.30. The summed E-state index contributed by atoms with van der Waals surface area (Å²) >= 11 is 0. The molecule has 1 heterocycles. The van der Waals surface area contributed by atoms with Crippen LogP contribution in [0.3, 0.4) is 0 Å². The van der Waals surface area contributed by atoms with E-state index in [-0.39, 0.29) is 11.9 Å². The van der Waals surface area contributed by atoms with Gasteiger partial charge in [0, 0.05) is 13.0 Å². The highest BCUT2D eigenvalue weighted by atomic mass is 16.5. The summed E-state index contributed by atoms with van der Waals surface area (Å²) in [4.78, 5) is 14.8. The van der Waals surface area contributed by atoms with Gasteiger partial charge in [-0.25, -0.2) is 0 Å². The number of likely N-dealkylation sites (tertiary alicyclic amines) is 1. The van der Waals surface area contributed by atoms with Gasteiger partial charge in [-0.3, -0.25) is 4.79 Å². The van der Waals surface area contributed by atoms with Crippen LogP contribution in [0.25, 0.3) is 0 Å². The number of amides is 1. The first kappa shape index (κ1) is 18.8. The Bertz CT molecular complexity index is 840. The first-order chi connectivity index (χ1) is 13.2. The van der Waals surface area contributed by atoms with E-state index in [1.807, 2.05) is 35.2 Å². The van der Waals surface area contributed by atoms with Gasteiger partial charge in [-0.05, 0) is 54.7 Å². The SMILES string of the molecule is COc1ccc(C2CCCN2C(=O)CCc2ccc(C#N)cc2)cc1OC. The standard InChI is InChI=1S/C22H24N2O3/c1-26-20-11-10-18(14-21(20)27-2)19-4-3-13-24(19)22(25)12-9-16-5-7-17(15-23)8-6-16/h5-8,10-11,14,19H,3-4,9,12-13H2,1-2H3. The van der Waals surface area contributed by atoms with E-state index in [0.29, 0.717) is 29.9 Å². The molecule has 2 aromatic rings. The third-order valence-corrected chi connectivity index (χ3v) is 5.08. The molecule has 1 aliphatic heterocycles. The fourth-order valence-electron chi connectivity index (χ4n) is 3.61. The van der Waals surface area contributed by atoms with Crippen LogP contribution in [0.2, 0.25) is 0 Å². The maximum Gasteiger partial charge on any atom is 0.223 e. The summed E-state index contributed by atoms with van der Waals surface area (Å²) < 4.78 is 10.7. The van der Waals surface area contributed by atoms with E-state index in [9.17, 15) is 4.79 Å². The van der Waals surface area contributed by atoms with E-state index in [0.717, 1.165) is 30.5 Å². The van der Waals surface area contributed by atoms with Crippen molar-refractivity contribution in [3.63, 3.8) is 0 Å². The molecule has 0 spiro atoms. The Morgan fingerprint density at radius 2 is 1.89 bits per heavy atom. The molecule has 5 heteroatoms. The van der Waals surface area contributed by atoms with E-state index >= 15 is 0 Å². The number of carbonyl (C=O) groups excluding carboxylic acids is 1. The summed E-state index contributed by atoms with van der Waals surface area (Å²) in [6.45, 7) is 0.783. The molecule has 1 fully saturated rings. The Morgan fingerprint density at radius 3 is 2.56 bits per heavy atom. The van der Waals surface area contributed by atoms with Crippen molar-refractivity contribution in [1.82, 2.24) is 4.90 Å². The van der Waals surface area contributed by atoms with Crippen LogP contribution >= 0.6 is 0 Å². The summed E-state index contributed by atoms with van der Waals surface area (Å²) in [7, 11) is 3.24. The van der Waals surface area contributed by atoms with Crippen LogP contribution in [0.5, 0.6) is 11.5 Å². The summed E-state index contributed by atoms with van der Waals surface area (Å²) in [6, 6.07) is 15.5. The van der Waals surface area contributed by atoms with Gasteiger partial charge in [0.25, 0.3) is 0 Å². The largest absolute Gasteiger partial charge is 0.493 e. The molecule has 1 aliphatic rings. The predicted molar refractivity (Wildman–Crippen MR) is 103 cm³/mol. The Kier molecular flexibility index (Phi) is 5.97. The van der Waals surface area contributed by atoms with Crippen molar-refractivity contribution in [1.29, 1.82) is 5.26 Å². The molecular formula is C22H24N2O3. The quantitative estimate of drug-likeness (QED) is 0.780. The molecule has 27 heavy (non-hydrogen) atoms. The third kappa shape index (κ3) is 4.22. The number of hydrogen-bond acceptors (Lipinski definition) is 4. The summed E-state index contributed by atoms with van der Waals surface area (Å²) in [5.74, 6) is 1.54. The molecule has 3 rings (SSSR count). The highest BCUT2D eigenvalue weighted by molar-refractivity contribution is 5.77. The van der Waals surface area contributed by atoms with Crippen LogP contribution < -0.4 is 9.47 Å². The maximum atomic E-state index is 12.8. The molecule has 140 valence electrons. The minimum atomic E-state index is 0.0817. The Hall–Kier alpha value is -3.00. The van der Waals surface area contributed by atoms with Gasteiger partial charge in [0.05, 0.1) is 31.9 Å². The van der Waals surface area contributed by atoms with Gasteiger partial charge >= 0.3 is 0 Å². The van der Waals surface area contributed by atoms with Crippen LogP contribution in [-0.2, 0) is 11.2 Å². The average Bonchev–Trinajstić information content (AvgIpc) is 3.21. The smallest absolute Gasteiger partial charge is 0.223 e. The molecule has 0 radical (unpaired) electrons. The van der Waals surface area contributed by atoms with Crippen molar-refractivity contribution in [3.8, 4) is 17.6 Å². The second kappa shape index (κ2) is 8.59. The van der Waals surface area contributed by atoms with Crippen molar-refractivity contribution in [2.24, 2.45) is 0 Å². The maximum absolute atomic E-state index is 12.8. The molecule has 1 unspecified atom stereocenters.